The first-order valence-electron chi connectivity index (χ1n) is 9.51. The first kappa shape index (κ1) is 20.5. The standard InChI is InChI=1S/C22H26N4O3/c1-14-7-6-8-17(23-14)20(27)24-19-11-15-13-26(10-9-22(2,3)4)25-18(15)12-16(19)21(28)29-5/h6-8,11-13H,9-10H2,1-5H3,(H,24,27). The van der Waals surface area contributed by atoms with Crippen LogP contribution in [0.3, 0.4) is 0 Å². The highest BCUT2D eigenvalue weighted by atomic mass is 16.5. The van der Waals surface area contributed by atoms with E-state index in [0.29, 0.717) is 11.2 Å². The van der Waals surface area contributed by atoms with Crippen LogP contribution in [0.15, 0.2) is 36.5 Å². The predicted octanol–water partition coefficient (Wildman–Crippen LogP) is 4.21. The number of benzene rings is 1. The van der Waals surface area contributed by atoms with Gasteiger partial charge in [-0.15, -0.1) is 0 Å². The fourth-order valence-electron chi connectivity index (χ4n) is 2.93. The van der Waals surface area contributed by atoms with Crippen LogP contribution in [0, 0.1) is 12.3 Å². The van der Waals surface area contributed by atoms with Crippen LogP contribution >= 0.6 is 0 Å². The van der Waals surface area contributed by atoms with E-state index < -0.39 is 11.9 Å². The molecule has 0 aliphatic rings. The van der Waals surface area contributed by atoms with Gasteiger partial charge in [0, 0.05) is 23.8 Å². The van der Waals surface area contributed by atoms with Gasteiger partial charge in [-0.2, -0.15) is 5.10 Å². The number of pyridine rings is 1. The van der Waals surface area contributed by atoms with Crippen LogP contribution in [-0.4, -0.2) is 33.8 Å². The van der Waals surface area contributed by atoms with Crippen LogP contribution in [0.2, 0.25) is 0 Å². The van der Waals surface area contributed by atoms with Crippen molar-refractivity contribution in [1.82, 2.24) is 14.8 Å². The third-order valence-electron chi connectivity index (χ3n) is 4.56. The molecule has 2 aromatic heterocycles. The lowest BCUT2D eigenvalue weighted by Crippen LogP contribution is -2.17. The maximum atomic E-state index is 12.6. The first-order valence-corrected chi connectivity index (χ1v) is 9.51. The number of rotatable bonds is 5. The molecule has 0 bridgehead atoms. The number of nitrogens with zero attached hydrogens (tertiary/aromatic N) is 3. The van der Waals surface area contributed by atoms with Crippen molar-refractivity contribution in [3.05, 3.63) is 53.5 Å². The van der Waals surface area contributed by atoms with Crippen molar-refractivity contribution in [3.8, 4) is 0 Å². The topological polar surface area (TPSA) is 86.1 Å². The molecule has 2 heterocycles. The van der Waals surface area contributed by atoms with Crippen molar-refractivity contribution in [1.29, 1.82) is 0 Å². The molecule has 1 N–H and O–H groups in total. The van der Waals surface area contributed by atoms with Crippen molar-refractivity contribution < 1.29 is 14.3 Å². The van der Waals surface area contributed by atoms with Crippen molar-refractivity contribution in [3.63, 3.8) is 0 Å². The smallest absolute Gasteiger partial charge is 0.340 e. The van der Waals surface area contributed by atoms with E-state index >= 15 is 0 Å². The molecule has 0 radical (unpaired) electrons. The summed E-state index contributed by atoms with van der Waals surface area (Å²) in [5.41, 5.74) is 2.50. The Labute approximate surface area is 170 Å². The molecule has 0 saturated heterocycles. The molecule has 7 nitrogen and oxygen atoms in total. The number of carbonyl (C=O) groups excluding carboxylic acids is 2. The molecule has 152 valence electrons. The molecule has 29 heavy (non-hydrogen) atoms. The molecule has 7 heteroatoms. The fraction of sp³-hybridized carbons (Fsp3) is 0.364. The zero-order valence-electron chi connectivity index (χ0n) is 17.4. The van der Waals surface area contributed by atoms with Crippen LogP contribution in [0.25, 0.3) is 10.9 Å². The number of methoxy groups -OCH3 is 1. The Morgan fingerprint density at radius 2 is 1.97 bits per heavy atom. The minimum absolute atomic E-state index is 0.190. The average Bonchev–Trinajstić information content (AvgIpc) is 3.06. The van der Waals surface area contributed by atoms with Gasteiger partial charge in [-0.05, 0) is 43.0 Å². The second kappa shape index (κ2) is 8.03. The highest BCUT2D eigenvalue weighted by Gasteiger charge is 2.19. The Hall–Kier alpha value is -3.22. The van der Waals surface area contributed by atoms with E-state index in [4.69, 9.17) is 4.74 Å². The molecule has 0 saturated carbocycles. The van der Waals surface area contributed by atoms with Crippen LogP contribution in [0.4, 0.5) is 5.69 Å². The SMILES string of the molecule is COC(=O)c1cc2nn(CCC(C)(C)C)cc2cc1NC(=O)c1cccc(C)n1. The van der Waals surface area contributed by atoms with E-state index in [1.807, 2.05) is 23.9 Å². The Balaban J connectivity index is 1.95. The fourth-order valence-corrected chi connectivity index (χ4v) is 2.93. The van der Waals surface area contributed by atoms with Gasteiger partial charge in [-0.1, -0.05) is 26.8 Å². The summed E-state index contributed by atoms with van der Waals surface area (Å²) < 4.78 is 6.76. The highest BCUT2D eigenvalue weighted by molar-refractivity contribution is 6.09. The zero-order valence-corrected chi connectivity index (χ0v) is 17.4. The van der Waals surface area contributed by atoms with Gasteiger partial charge in [-0.25, -0.2) is 9.78 Å². The Kier molecular flexibility index (Phi) is 5.68. The minimum Gasteiger partial charge on any atom is -0.465 e. The number of fused-ring (bicyclic) bond motifs is 1. The summed E-state index contributed by atoms with van der Waals surface area (Å²) in [6, 6.07) is 8.60. The van der Waals surface area contributed by atoms with E-state index in [9.17, 15) is 9.59 Å². The summed E-state index contributed by atoms with van der Waals surface area (Å²) in [7, 11) is 1.31. The number of nitrogens with one attached hydrogen (secondary N) is 1. The molecule has 0 atom stereocenters. The number of carbonyl (C=O) groups is 2. The molecule has 0 fully saturated rings. The highest BCUT2D eigenvalue weighted by Crippen LogP contribution is 2.26. The third kappa shape index (κ3) is 4.99. The largest absolute Gasteiger partial charge is 0.465 e. The summed E-state index contributed by atoms with van der Waals surface area (Å²) >= 11 is 0. The molecule has 0 aliphatic carbocycles. The lowest BCUT2D eigenvalue weighted by atomic mass is 9.92. The number of hydrogen-bond donors (Lipinski definition) is 1. The van der Waals surface area contributed by atoms with Gasteiger partial charge in [-0.3, -0.25) is 9.48 Å². The van der Waals surface area contributed by atoms with Crippen LogP contribution in [0.5, 0.6) is 0 Å². The maximum absolute atomic E-state index is 12.6. The van der Waals surface area contributed by atoms with Crippen molar-refractivity contribution >= 4 is 28.5 Å². The van der Waals surface area contributed by atoms with Crippen LogP contribution in [0.1, 0.15) is 53.7 Å². The number of hydrogen-bond acceptors (Lipinski definition) is 5. The molecular weight excluding hydrogens is 368 g/mol. The Bertz CT molecular complexity index is 1060. The number of aryl methyl sites for hydroxylation is 2. The van der Waals surface area contributed by atoms with E-state index in [0.717, 1.165) is 24.0 Å². The Morgan fingerprint density at radius 1 is 1.21 bits per heavy atom. The van der Waals surface area contributed by atoms with Gasteiger partial charge in [0.2, 0.25) is 0 Å². The molecular formula is C22H26N4O3. The van der Waals surface area contributed by atoms with Crippen LogP contribution in [-0.2, 0) is 11.3 Å². The second-order valence-electron chi connectivity index (χ2n) is 8.27. The predicted molar refractivity (Wildman–Crippen MR) is 112 cm³/mol. The lowest BCUT2D eigenvalue weighted by molar-refractivity contribution is 0.0602. The molecule has 0 unspecified atom stereocenters. The van der Waals surface area contributed by atoms with Gasteiger partial charge < -0.3 is 10.1 Å². The van der Waals surface area contributed by atoms with E-state index in [1.165, 1.54) is 7.11 Å². The average molecular weight is 394 g/mol. The van der Waals surface area contributed by atoms with Crippen molar-refractivity contribution in [2.45, 2.75) is 40.7 Å². The molecule has 0 spiro atoms. The number of ether oxygens (including phenoxy) is 1. The van der Waals surface area contributed by atoms with Gasteiger partial charge in [0.25, 0.3) is 5.91 Å². The summed E-state index contributed by atoms with van der Waals surface area (Å²) in [6.07, 6.45) is 2.89. The van der Waals surface area contributed by atoms with Gasteiger partial charge in [0.05, 0.1) is 23.9 Å². The van der Waals surface area contributed by atoms with Crippen LogP contribution < -0.4 is 5.32 Å². The van der Waals surface area contributed by atoms with E-state index in [2.05, 4.69) is 36.2 Å². The lowest BCUT2D eigenvalue weighted by Gasteiger charge is -2.17. The van der Waals surface area contributed by atoms with Gasteiger partial charge >= 0.3 is 5.97 Å². The number of anilines is 1. The number of aromatic nitrogens is 3. The minimum atomic E-state index is -0.538. The number of amides is 1. The van der Waals surface area contributed by atoms with Gasteiger partial charge in [0.1, 0.15) is 5.69 Å². The van der Waals surface area contributed by atoms with Crippen molar-refractivity contribution in [2.75, 3.05) is 12.4 Å². The zero-order chi connectivity index (χ0) is 21.2. The Morgan fingerprint density at radius 3 is 2.62 bits per heavy atom. The van der Waals surface area contributed by atoms with Crippen molar-refractivity contribution in [2.24, 2.45) is 5.41 Å². The molecule has 3 rings (SSSR count). The van der Waals surface area contributed by atoms with E-state index in [-0.39, 0.29) is 16.7 Å². The second-order valence-corrected chi connectivity index (χ2v) is 8.27. The summed E-state index contributed by atoms with van der Waals surface area (Å²) in [5, 5.41) is 8.19. The molecule has 1 aromatic carbocycles. The first-order chi connectivity index (χ1) is 13.7. The van der Waals surface area contributed by atoms with Gasteiger partial charge in [0.15, 0.2) is 0 Å². The van der Waals surface area contributed by atoms with E-state index in [1.54, 1.807) is 24.3 Å². The quantitative estimate of drug-likeness (QED) is 0.655. The molecule has 0 aliphatic heterocycles. The number of esters is 1. The summed E-state index contributed by atoms with van der Waals surface area (Å²) in [5.74, 6) is -0.929. The maximum Gasteiger partial charge on any atom is 0.340 e. The third-order valence-corrected chi connectivity index (χ3v) is 4.56. The summed E-state index contributed by atoms with van der Waals surface area (Å²) in [6.45, 7) is 9.12. The molecule has 1 amide bonds. The summed E-state index contributed by atoms with van der Waals surface area (Å²) in [4.78, 5) is 29.2. The molecule has 3 aromatic rings. The monoisotopic (exact) mass is 394 g/mol. The normalized spacial score (nSPS) is 11.5.